The lowest BCUT2D eigenvalue weighted by Crippen LogP contribution is -2.47. The molecule has 0 atom stereocenters. The summed E-state index contributed by atoms with van der Waals surface area (Å²) in [6.07, 6.45) is 8.65. The average molecular weight is 666 g/mol. The van der Waals surface area contributed by atoms with Crippen molar-refractivity contribution >= 4 is 26.9 Å². The molecule has 1 aliphatic rings. The second-order valence-corrected chi connectivity index (χ2v) is 13.8. The fraction of sp³-hybridized carbons (Fsp3) is 0.250. The molecule has 5 heterocycles. The van der Waals surface area contributed by atoms with Crippen LogP contribution in [0, 0.1) is 12.7 Å². The molecule has 0 bridgehead atoms. The molecule has 12 heteroatoms. The summed E-state index contributed by atoms with van der Waals surface area (Å²) >= 11 is 0. The molecule has 0 unspecified atom stereocenters. The summed E-state index contributed by atoms with van der Waals surface area (Å²) in [7, 11) is -2.24. The highest BCUT2D eigenvalue weighted by atomic mass is 32.2. The minimum atomic E-state index is -3.96. The minimum Gasteiger partial charge on any atom is -0.383 e. The fourth-order valence-electron chi connectivity index (χ4n) is 6.05. The van der Waals surface area contributed by atoms with Crippen LogP contribution in [-0.4, -0.2) is 83.5 Å². The van der Waals surface area contributed by atoms with Crippen LogP contribution in [0.25, 0.3) is 33.3 Å². The maximum Gasteiger partial charge on any atom is 0.269 e. The van der Waals surface area contributed by atoms with Gasteiger partial charge in [0.05, 0.1) is 24.2 Å². The van der Waals surface area contributed by atoms with E-state index in [1.54, 1.807) is 60.7 Å². The molecule has 48 heavy (non-hydrogen) atoms. The maximum atomic E-state index is 13.9. The van der Waals surface area contributed by atoms with Crippen molar-refractivity contribution in [3.8, 4) is 22.3 Å². The summed E-state index contributed by atoms with van der Waals surface area (Å²) in [5.74, 6) is 0.604. The van der Waals surface area contributed by atoms with Gasteiger partial charge in [0.25, 0.3) is 10.0 Å². The van der Waals surface area contributed by atoms with E-state index in [4.69, 9.17) is 14.7 Å². The Labute approximate surface area is 279 Å². The summed E-state index contributed by atoms with van der Waals surface area (Å²) in [6.45, 7) is 7.62. The number of methoxy groups -OCH3 is 1. The van der Waals surface area contributed by atoms with Gasteiger partial charge in [-0.05, 0) is 55.0 Å². The molecule has 4 aromatic heterocycles. The van der Waals surface area contributed by atoms with Crippen molar-refractivity contribution in [1.29, 1.82) is 0 Å². The smallest absolute Gasteiger partial charge is 0.269 e. The van der Waals surface area contributed by atoms with Gasteiger partial charge in [0, 0.05) is 92.3 Å². The first-order chi connectivity index (χ1) is 23.3. The zero-order valence-electron chi connectivity index (χ0n) is 26.8. The van der Waals surface area contributed by atoms with Gasteiger partial charge in [0.2, 0.25) is 0 Å². The monoisotopic (exact) mass is 665 g/mol. The van der Waals surface area contributed by atoms with Gasteiger partial charge in [0.15, 0.2) is 5.65 Å². The molecule has 1 saturated heterocycles. The van der Waals surface area contributed by atoms with Crippen LogP contribution in [0.3, 0.4) is 0 Å². The number of halogens is 1. The van der Waals surface area contributed by atoms with Gasteiger partial charge in [0.1, 0.15) is 11.6 Å². The molecule has 10 nitrogen and oxygen atoms in total. The van der Waals surface area contributed by atoms with Crippen molar-refractivity contribution in [1.82, 2.24) is 28.6 Å². The lowest BCUT2D eigenvalue weighted by atomic mass is 10.1. The van der Waals surface area contributed by atoms with E-state index in [1.165, 1.54) is 16.1 Å². The van der Waals surface area contributed by atoms with Gasteiger partial charge in [-0.1, -0.05) is 29.8 Å². The molecule has 7 rings (SSSR count). The Morgan fingerprint density at radius 3 is 2.38 bits per heavy atom. The van der Waals surface area contributed by atoms with Crippen LogP contribution in [0.15, 0.2) is 103 Å². The molecule has 2 aromatic carbocycles. The first kappa shape index (κ1) is 31.7. The first-order valence-electron chi connectivity index (χ1n) is 15.8. The third-order valence-corrected chi connectivity index (χ3v) is 10.4. The quantitative estimate of drug-likeness (QED) is 0.190. The van der Waals surface area contributed by atoms with E-state index in [9.17, 15) is 12.8 Å². The van der Waals surface area contributed by atoms with Crippen LogP contribution >= 0.6 is 0 Å². The Morgan fingerprint density at radius 2 is 1.65 bits per heavy atom. The molecule has 0 aliphatic carbocycles. The number of piperazine rings is 1. The number of nitrogens with zero attached hydrogens (tertiary/aromatic N) is 7. The van der Waals surface area contributed by atoms with Gasteiger partial charge in [-0.15, -0.1) is 0 Å². The van der Waals surface area contributed by atoms with E-state index in [0.29, 0.717) is 28.7 Å². The van der Waals surface area contributed by atoms with E-state index in [1.807, 2.05) is 43.6 Å². The van der Waals surface area contributed by atoms with Crippen molar-refractivity contribution in [2.75, 3.05) is 51.3 Å². The van der Waals surface area contributed by atoms with Crippen molar-refractivity contribution in [2.24, 2.45) is 0 Å². The topological polar surface area (TPSA) is 98.4 Å². The van der Waals surface area contributed by atoms with Crippen molar-refractivity contribution in [3.05, 3.63) is 115 Å². The maximum absolute atomic E-state index is 13.9. The number of fused-ring (bicyclic) bond motifs is 1. The fourth-order valence-corrected chi connectivity index (χ4v) is 7.38. The predicted octanol–water partition coefficient (Wildman–Crippen LogP) is 5.46. The minimum absolute atomic E-state index is 0.170. The Morgan fingerprint density at radius 1 is 0.854 bits per heavy atom. The molecule has 0 spiro atoms. The number of ether oxygens (including phenoxy) is 1. The molecule has 6 aromatic rings. The van der Waals surface area contributed by atoms with Gasteiger partial charge in [-0.25, -0.2) is 26.7 Å². The largest absolute Gasteiger partial charge is 0.383 e. The van der Waals surface area contributed by atoms with Crippen LogP contribution in [0.2, 0.25) is 0 Å². The highest BCUT2D eigenvalue weighted by Gasteiger charge is 2.24. The SMILES string of the molecule is COCCN1CCN(c2ccc(-c3cnc4c(c3)c(-c3cnn(Cc5cccc(F)c5)c3)cn4S(=O)(=O)c3ccc(C)cc3)cn2)CC1. The van der Waals surface area contributed by atoms with Crippen LogP contribution in [0.4, 0.5) is 10.2 Å². The number of aromatic nitrogens is 5. The molecule has 0 saturated carbocycles. The molecule has 246 valence electrons. The van der Waals surface area contributed by atoms with E-state index >= 15 is 0 Å². The van der Waals surface area contributed by atoms with Crippen molar-refractivity contribution in [2.45, 2.75) is 18.4 Å². The Balaban J connectivity index is 1.23. The number of rotatable bonds is 10. The van der Waals surface area contributed by atoms with E-state index < -0.39 is 10.0 Å². The number of anilines is 1. The van der Waals surface area contributed by atoms with Crippen molar-refractivity contribution in [3.63, 3.8) is 0 Å². The first-order valence-corrected chi connectivity index (χ1v) is 17.3. The van der Waals surface area contributed by atoms with Gasteiger partial charge >= 0.3 is 0 Å². The second kappa shape index (κ2) is 13.3. The normalized spacial score (nSPS) is 14.2. The number of pyridine rings is 2. The zero-order valence-corrected chi connectivity index (χ0v) is 27.6. The van der Waals surface area contributed by atoms with E-state index in [2.05, 4.69) is 14.9 Å². The van der Waals surface area contributed by atoms with Gasteiger partial charge in [-0.3, -0.25) is 9.58 Å². The molecule has 0 N–H and O–H groups in total. The number of hydrogen-bond donors (Lipinski definition) is 0. The van der Waals surface area contributed by atoms with Crippen LogP contribution in [-0.2, 0) is 21.3 Å². The molecule has 0 amide bonds. The molecular formula is C36H36FN7O3S. The lowest BCUT2D eigenvalue weighted by Gasteiger charge is -2.35. The Kier molecular flexibility index (Phi) is 8.78. The van der Waals surface area contributed by atoms with Crippen LogP contribution in [0.5, 0.6) is 0 Å². The molecule has 1 fully saturated rings. The van der Waals surface area contributed by atoms with Gasteiger partial charge < -0.3 is 9.64 Å². The van der Waals surface area contributed by atoms with E-state index in [-0.39, 0.29) is 10.7 Å². The summed E-state index contributed by atoms with van der Waals surface area (Å²) in [5, 5.41) is 5.17. The van der Waals surface area contributed by atoms with E-state index in [0.717, 1.165) is 67.4 Å². The number of hydrogen-bond acceptors (Lipinski definition) is 8. The standard InChI is InChI=1S/C36H36FN7O3S/c1-26-6-9-32(10-7-26)48(45,46)44-25-34(30-22-40-43(24-30)23-27-4-3-5-31(37)18-27)33-19-29(21-39-36(33)44)28-8-11-35(38-20-28)42-14-12-41(13-15-42)16-17-47-2/h3-11,18-22,24-25H,12-17,23H2,1-2H3. The highest BCUT2D eigenvalue weighted by molar-refractivity contribution is 7.90. The second-order valence-electron chi connectivity index (χ2n) is 12.0. The summed E-state index contributed by atoms with van der Waals surface area (Å²) in [4.78, 5) is 14.3. The van der Waals surface area contributed by atoms with Crippen LogP contribution in [0.1, 0.15) is 11.1 Å². The zero-order chi connectivity index (χ0) is 33.3. The third-order valence-electron chi connectivity index (χ3n) is 8.76. The Bertz CT molecular complexity index is 2150. The predicted molar refractivity (Wildman–Crippen MR) is 184 cm³/mol. The summed E-state index contributed by atoms with van der Waals surface area (Å²) in [6, 6.07) is 19.1. The molecular weight excluding hydrogens is 630 g/mol. The number of benzene rings is 2. The van der Waals surface area contributed by atoms with Gasteiger partial charge in [-0.2, -0.15) is 5.10 Å². The van der Waals surface area contributed by atoms with Crippen LogP contribution < -0.4 is 4.90 Å². The van der Waals surface area contributed by atoms with Crippen molar-refractivity contribution < 1.29 is 17.5 Å². The summed E-state index contributed by atoms with van der Waals surface area (Å²) < 4.78 is 49.9. The number of aryl methyl sites for hydroxylation is 1. The Hall–Kier alpha value is -4.91. The lowest BCUT2D eigenvalue weighted by molar-refractivity contribution is 0.144. The highest BCUT2D eigenvalue weighted by Crippen LogP contribution is 2.35. The average Bonchev–Trinajstić information content (AvgIpc) is 3.72. The molecule has 1 aliphatic heterocycles. The summed E-state index contributed by atoms with van der Waals surface area (Å²) in [5.41, 5.74) is 5.09. The third kappa shape index (κ3) is 6.46. The molecule has 0 radical (unpaired) electrons.